The Morgan fingerprint density at radius 1 is 1.33 bits per heavy atom. The average Bonchev–Trinajstić information content (AvgIpc) is 2.56. The van der Waals surface area contributed by atoms with Crippen molar-refractivity contribution in [1.82, 2.24) is 15.0 Å². The molecular weight excluding hydrogens is 174 g/mol. The predicted molar refractivity (Wildman–Crippen MR) is 46.8 cm³/mol. The van der Waals surface area contributed by atoms with Gasteiger partial charge in [0.05, 0.1) is 23.9 Å². The van der Waals surface area contributed by atoms with Crippen molar-refractivity contribution < 1.29 is 0 Å². The standard InChI is InChI=1S/C8H6ClN3/c9-8-3-1-2-6(12-8)7-4-10-5-11-7/h1-5H,(H,10,11). The van der Waals surface area contributed by atoms with E-state index in [9.17, 15) is 0 Å². The van der Waals surface area contributed by atoms with Gasteiger partial charge in [-0.1, -0.05) is 17.7 Å². The van der Waals surface area contributed by atoms with Crippen LogP contribution in [0.3, 0.4) is 0 Å². The summed E-state index contributed by atoms with van der Waals surface area (Å²) in [6, 6.07) is 5.46. The normalized spacial score (nSPS) is 10.1. The molecule has 0 spiro atoms. The number of hydrogen-bond donors (Lipinski definition) is 1. The third-order valence-electron chi connectivity index (χ3n) is 1.49. The van der Waals surface area contributed by atoms with E-state index < -0.39 is 0 Å². The van der Waals surface area contributed by atoms with Gasteiger partial charge in [0.15, 0.2) is 0 Å². The zero-order valence-electron chi connectivity index (χ0n) is 6.16. The lowest BCUT2D eigenvalue weighted by molar-refractivity contribution is 1.27. The molecule has 0 saturated heterocycles. The summed E-state index contributed by atoms with van der Waals surface area (Å²) in [5.41, 5.74) is 1.68. The van der Waals surface area contributed by atoms with Crippen molar-refractivity contribution in [3.05, 3.63) is 35.9 Å². The summed E-state index contributed by atoms with van der Waals surface area (Å²) in [7, 11) is 0. The Kier molecular flexibility index (Phi) is 1.80. The number of aromatic amines is 1. The number of aromatic nitrogens is 3. The molecule has 0 fully saturated rings. The van der Waals surface area contributed by atoms with Crippen LogP contribution in [0.1, 0.15) is 0 Å². The lowest BCUT2D eigenvalue weighted by Crippen LogP contribution is -1.82. The van der Waals surface area contributed by atoms with Crippen LogP contribution in [0.15, 0.2) is 30.7 Å². The number of halogens is 1. The number of H-pyrrole nitrogens is 1. The van der Waals surface area contributed by atoms with E-state index in [1.165, 1.54) is 0 Å². The van der Waals surface area contributed by atoms with Gasteiger partial charge < -0.3 is 4.98 Å². The van der Waals surface area contributed by atoms with Crippen LogP contribution in [-0.2, 0) is 0 Å². The minimum absolute atomic E-state index is 0.488. The van der Waals surface area contributed by atoms with Gasteiger partial charge in [-0.15, -0.1) is 0 Å². The number of nitrogens with one attached hydrogen (secondary N) is 1. The Hall–Kier alpha value is -1.35. The summed E-state index contributed by atoms with van der Waals surface area (Å²) in [6.45, 7) is 0. The molecule has 0 amide bonds. The Morgan fingerprint density at radius 3 is 2.92 bits per heavy atom. The predicted octanol–water partition coefficient (Wildman–Crippen LogP) is 2.13. The molecule has 0 saturated carbocycles. The van der Waals surface area contributed by atoms with Crippen LogP contribution in [0.25, 0.3) is 11.4 Å². The first-order valence-corrected chi connectivity index (χ1v) is 3.85. The molecule has 0 aliphatic heterocycles. The van der Waals surface area contributed by atoms with Gasteiger partial charge in [-0.3, -0.25) is 0 Å². The van der Waals surface area contributed by atoms with Crippen molar-refractivity contribution in [2.45, 2.75) is 0 Å². The molecule has 2 aromatic rings. The molecule has 0 unspecified atom stereocenters. The average molecular weight is 180 g/mol. The van der Waals surface area contributed by atoms with Gasteiger partial charge in [-0.25, -0.2) is 9.97 Å². The van der Waals surface area contributed by atoms with Gasteiger partial charge in [0.2, 0.25) is 0 Å². The van der Waals surface area contributed by atoms with Crippen molar-refractivity contribution in [3.63, 3.8) is 0 Å². The van der Waals surface area contributed by atoms with Crippen LogP contribution in [-0.4, -0.2) is 15.0 Å². The number of rotatable bonds is 1. The molecule has 0 atom stereocenters. The fourth-order valence-corrected chi connectivity index (χ4v) is 1.12. The third kappa shape index (κ3) is 1.31. The summed E-state index contributed by atoms with van der Waals surface area (Å²) in [6.07, 6.45) is 3.32. The van der Waals surface area contributed by atoms with E-state index in [2.05, 4.69) is 15.0 Å². The van der Waals surface area contributed by atoms with E-state index in [0.29, 0.717) is 5.15 Å². The largest absolute Gasteiger partial charge is 0.343 e. The van der Waals surface area contributed by atoms with Crippen LogP contribution in [0.4, 0.5) is 0 Å². The summed E-state index contributed by atoms with van der Waals surface area (Å²) in [4.78, 5) is 10.9. The van der Waals surface area contributed by atoms with Crippen molar-refractivity contribution in [2.75, 3.05) is 0 Å². The summed E-state index contributed by atoms with van der Waals surface area (Å²) in [5.74, 6) is 0. The zero-order chi connectivity index (χ0) is 8.39. The second kappa shape index (κ2) is 2.95. The molecule has 60 valence electrons. The second-order valence-corrected chi connectivity index (χ2v) is 2.70. The first-order chi connectivity index (χ1) is 5.86. The maximum atomic E-state index is 5.72. The lowest BCUT2D eigenvalue weighted by Gasteiger charge is -1.95. The minimum Gasteiger partial charge on any atom is -0.343 e. The zero-order valence-corrected chi connectivity index (χ0v) is 6.92. The summed E-state index contributed by atoms with van der Waals surface area (Å²) < 4.78 is 0. The first kappa shape index (κ1) is 7.31. The highest BCUT2D eigenvalue weighted by atomic mass is 35.5. The van der Waals surface area contributed by atoms with Crippen molar-refractivity contribution in [3.8, 4) is 11.4 Å². The van der Waals surface area contributed by atoms with E-state index in [1.807, 2.05) is 12.1 Å². The Balaban J connectivity index is 2.48. The lowest BCUT2D eigenvalue weighted by atomic mass is 10.3. The van der Waals surface area contributed by atoms with Crippen molar-refractivity contribution in [2.24, 2.45) is 0 Å². The Labute approximate surface area is 74.4 Å². The summed E-state index contributed by atoms with van der Waals surface area (Å²) in [5, 5.41) is 0.488. The molecule has 3 nitrogen and oxygen atoms in total. The highest BCUT2D eigenvalue weighted by Crippen LogP contribution is 2.14. The van der Waals surface area contributed by atoms with E-state index in [1.54, 1.807) is 18.6 Å². The van der Waals surface area contributed by atoms with E-state index in [0.717, 1.165) is 11.4 Å². The third-order valence-corrected chi connectivity index (χ3v) is 1.70. The molecule has 12 heavy (non-hydrogen) atoms. The second-order valence-electron chi connectivity index (χ2n) is 2.31. The number of nitrogens with zero attached hydrogens (tertiary/aromatic N) is 2. The minimum atomic E-state index is 0.488. The number of pyridine rings is 1. The van der Waals surface area contributed by atoms with Crippen LogP contribution >= 0.6 is 11.6 Å². The van der Waals surface area contributed by atoms with Crippen LogP contribution < -0.4 is 0 Å². The molecule has 0 aromatic carbocycles. The maximum Gasteiger partial charge on any atom is 0.129 e. The van der Waals surface area contributed by atoms with E-state index >= 15 is 0 Å². The molecule has 0 aliphatic rings. The topological polar surface area (TPSA) is 41.6 Å². The highest BCUT2D eigenvalue weighted by Gasteiger charge is 1.99. The fourth-order valence-electron chi connectivity index (χ4n) is 0.954. The van der Waals surface area contributed by atoms with E-state index in [-0.39, 0.29) is 0 Å². The van der Waals surface area contributed by atoms with Crippen molar-refractivity contribution in [1.29, 1.82) is 0 Å². The molecule has 2 heterocycles. The first-order valence-electron chi connectivity index (χ1n) is 3.47. The fraction of sp³-hybridized carbons (Fsp3) is 0. The number of hydrogen-bond acceptors (Lipinski definition) is 2. The molecule has 2 aromatic heterocycles. The van der Waals surface area contributed by atoms with Gasteiger partial charge in [0.25, 0.3) is 0 Å². The van der Waals surface area contributed by atoms with Crippen LogP contribution in [0, 0.1) is 0 Å². The van der Waals surface area contributed by atoms with Gasteiger partial charge in [-0.2, -0.15) is 0 Å². The SMILES string of the molecule is Clc1cccc(-c2cnc[nH]2)n1. The van der Waals surface area contributed by atoms with Gasteiger partial charge in [0, 0.05) is 0 Å². The van der Waals surface area contributed by atoms with E-state index in [4.69, 9.17) is 11.6 Å². The molecule has 0 bridgehead atoms. The molecular formula is C8H6ClN3. The van der Waals surface area contributed by atoms with Gasteiger partial charge >= 0.3 is 0 Å². The summed E-state index contributed by atoms with van der Waals surface area (Å²) >= 11 is 5.72. The van der Waals surface area contributed by atoms with Crippen LogP contribution in [0.2, 0.25) is 5.15 Å². The Bertz CT molecular complexity index is 370. The molecule has 2 rings (SSSR count). The molecule has 0 aliphatic carbocycles. The molecule has 1 N–H and O–H groups in total. The quantitative estimate of drug-likeness (QED) is 0.682. The van der Waals surface area contributed by atoms with Gasteiger partial charge in [-0.05, 0) is 12.1 Å². The molecule has 0 radical (unpaired) electrons. The smallest absolute Gasteiger partial charge is 0.129 e. The van der Waals surface area contributed by atoms with Gasteiger partial charge in [0.1, 0.15) is 5.15 Å². The van der Waals surface area contributed by atoms with Crippen LogP contribution in [0.5, 0.6) is 0 Å². The highest BCUT2D eigenvalue weighted by molar-refractivity contribution is 6.29. The monoisotopic (exact) mass is 179 g/mol. The Morgan fingerprint density at radius 2 is 2.25 bits per heavy atom. The number of imidazole rings is 1. The maximum absolute atomic E-state index is 5.72. The molecule has 4 heteroatoms. The van der Waals surface area contributed by atoms with Crippen molar-refractivity contribution >= 4 is 11.6 Å².